The molecular formula is C22H24F3N3O4. The molecule has 0 heterocycles. The van der Waals surface area contributed by atoms with Crippen LogP contribution in [0.4, 0.5) is 18.9 Å². The van der Waals surface area contributed by atoms with Crippen LogP contribution >= 0.6 is 0 Å². The second kappa shape index (κ2) is 11.3. The minimum atomic E-state index is -4.57. The fourth-order valence-electron chi connectivity index (χ4n) is 3.00. The van der Waals surface area contributed by atoms with Crippen LogP contribution in [0, 0.1) is 0 Å². The van der Waals surface area contributed by atoms with Gasteiger partial charge in [0.2, 0.25) is 11.8 Å². The normalized spacial score (nSPS) is 13.1. The molecule has 2 atom stereocenters. The minimum absolute atomic E-state index is 0.0699. The van der Waals surface area contributed by atoms with Crippen molar-refractivity contribution in [1.29, 1.82) is 0 Å². The van der Waals surface area contributed by atoms with E-state index in [1.54, 1.807) is 0 Å². The average molecular weight is 451 g/mol. The Hall–Kier alpha value is -3.40. The van der Waals surface area contributed by atoms with Gasteiger partial charge in [-0.1, -0.05) is 36.4 Å². The summed E-state index contributed by atoms with van der Waals surface area (Å²) < 4.78 is 38.9. The van der Waals surface area contributed by atoms with Crippen LogP contribution in [0.5, 0.6) is 0 Å². The molecule has 2 aromatic carbocycles. The van der Waals surface area contributed by atoms with Crippen molar-refractivity contribution in [3.63, 3.8) is 0 Å². The summed E-state index contributed by atoms with van der Waals surface area (Å²) in [6, 6.07) is 11.1. The highest BCUT2D eigenvalue weighted by Gasteiger charge is 2.31. The zero-order valence-corrected chi connectivity index (χ0v) is 17.3. The fourth-order valence-corrected chi connectivity index (χ4v) is 3.00. The van der Waals surface area contributed by atoms with Crippen LogP contribution in [-0.2, 0) is 27.0 Å². The van der Waals surface area contributed by atoms with E-state index < -0.39 is 48.0 Å². The number of aliphatic carboxylic acids is 1. The highest BCUT2D eigenvalue weighted by molar-refractivity contribution is 5.98. The fraction of sp³-hybridized carbons (Fsp3) is 0.318. The summed E-state index contributed by atoms with van der Waals surface area (Å²) in [5.41, 5.74) is -0.0920. The number of nitrogens with one attached hydrogen (secondary N) is 3. The summed E-state index contributed by atoms with van der Waals surface area (Å²) in [6.07, 6.45) is -4.50. The summed E-state index contributed by atoms with van der Waals surface area (Å²) in [4.78, 5) is 36.3. The van der Waals surface area contributed by atoms with Crippen LogP contribution in [0.15, 0.2) is 54.6 Å². The molecule has 4 N–H and O–H groups in total. The zero-order valence-electron chi connectivity index (χ0n) is 17.3. The molecule has 10 heteroatoms. The van der Waals surface area contributed by atoms with Crippen molar-refractivity contribution in [3.8, 4) is 0 Å². The van der Waals surface area contributed by atoms with Gasteiger partial charge in [0.1, 0.15) is 6.04 Å². The number of alkyl halides is 3. The van der Waals surface area contributed by atoms with Crippen LogP contribution in [0.3, 0.4) is 0 Å². The molecule has 0 fully saturated rings. The lowest BCUT2D eigenvalue weighted by molar-refractivity contribution is -0.140. The first-order chi connectivity index (χ1) is 15.1. The van der Waals surface area contributed by atoms with Gasteiger partial charge < -0.3 is 21.1 Å². The summed E-state index contributed by atoms with van der Waals surface area (Å²) in [7, 11) is 1.41. The third-order valence-electron chi connectivity index (χ3n) is 4.70. The number of carboxylic acids is 1. The molecule has 2 aromatic rings. The summed E-state index contributed by atoms with van der Waals surface area (Å²) in [6.45, 7) is 0. The second-order valence-electron chi connectivity index (χ2n) is 7.09. The van der Waals surface area contributed by atoms with E-state index in [1.165, 1.54) is 19.2 Å². The number of aryl methyl sites for hydroxylation is 1. The van der Waals surface area contributed by atoms with Crippen molar-refractivity contribution in [1.82, 2.24) is 10.6 Å². The maximum absolute atomic E-state index is 13.0. The van der Waals surface area contributed by atoms with Gasteiger partial charge in [-0.2, -0.15) is 13.2 Å². The highest BCUT2D eigenvalue weighted by Crippen LogP contribution is 2.30. The number of halogens is 3. The largest absolute Gasteiger partial charge is 0.481 e. The first-order valence-electron chi connectivity index (χ1n) is 9.81. The molecular weight excluding hydrogens is 427 g/mol. The summed E-state index contributed by atoms with van der Waals surface area (Å²) in [5, 5.41) is 16.4. The van der Waals surface area contributed by atoms with Gasteiger partial charge >= 0.3 is 12.1 Å². The number of carboxylic acid groups (broad SMARTS) is 1. The SMILES string of the molecule is CN[C@@H](CC(=O)O)C(=O)N[C@@H](CCc1ccccc1)C(=O)Nc1cccc(C(F)(F)F)c1. The van der Waals surface area contributed by atoms with Crippen molar-refractivity contribution >= 4 is 23.5 Å². The molecule has 0 radical (unpaired) electrons. The van der Waals surface area contributed by atoms with E-state index in [1.807, 2.05) is 30.3 Å². The molecule has 2 amide bonds. The maximum atomic E-state index is 13.0. The van der Waals surface area contributed by atoms with Crippen LogP contribution in [0.2, 0.25) is 0 Å². The van der Waals surface area contributed by atoms with E-state index in [0.717, 1.165) is 17.7 Å². The molecule has 0 unspecified atom stereocenters. The lowest BCUT2D eigenvalue weighted by atomic mass is 10.0. The van der Waals surface area contributed by atoms with E-state index in [4.69, 9.17) is 5.11 Å². The van der Waals surface area contributed by atoms with Crippen molar-refractivity contribution in [2.45, 2.75) is 37.5 Å². The quantitative estimate of drug-likeness (QED) is 0.444. The standard InChI is InChI=1S/C22H24F3N3O4/c1-26-18(13-19(29)30)21(32)28-17(11-10-14-6-3-2-4-7-14)20(31)27-16-9-5-8-15(12-16)22(23,24)25/h2-9,12,17-18,26H,10-11,13H2,1H3,(H,27,31)(H,28,32)(H,29,30)/t17-,18-/m0/s1. The molecule has 172 valence electrons. The third kappa shape index (κ3) is 7.69. The second-order valence-corrected chi connectivity index (χ2v) is 7.09. The highest BCUT2D eigenvalue weighted by atomic mass is 19.4. The maximum Gasteiger partial charge on any atom is 0.416 e. The van der Waals surface area contributed by atoms with Crippen LogP contribution in [0.1, 0.15) is 24.0 Å². The number of benzene rings is 2. The van der Waals surface area contributed by atoms with Gasteiger partial charge in [-0.3, -0.25) is 14.4 Å². The first-order valence-corrected chi connectivity index (χ1v) is 9.81. The first kappa shape index (κ1) is 24.9. The van der Waals surface area contributed by atoms with E-state index in [9.17, 15) is 27.6 Å². The summed E-state index contributed by atoms with van der Waals surface area (Å²) in [5.74, 6) is -2.61. The van der Waals surface area contributed by atoms with Gasteiger partial charge in [-0.15, -0.1) is 0 Å². The third-order valence-corrected chi connectivity index (χ3v) is 4.70. The van der Waals surface area contributed by atoms with E-state index in [2.05, 4.69) is 16.0 Å². The number of rotatable bonds is 10. The number of carbonyl (C=O) groups excluding carboxylic acids is 2. The monoisotopic (exact) mass is 451 g/mol. The van der Waals surface area contributed by atoms with Crippen molar-refractivity contribution in [3.05, 3.63) is 65.7 Å². The molecule has 0 aliphatic rings. The Labute approximate surface area is 183 Å². The Morgan fingerprint density at radius 3 is 2.25 bits per heavy atom. The minimum Gasteiger partial charge on any atom is -0.481 e. The number of carbonyl (C=O) groups is 3. The molecule has 32 heavy (non-hydrogen) atoms. The van der Waals surface area contributed by atoms with Gasteiger partial charge in [0.05, 0.1) is 18.0 Å². The Balaban J connectivity index is 2.17. The van der Waals surface area contributed by atoms with Gasteiger partial charge in [0.25, 0.3) is 0 Å². The molecule has 0 aromatic heterocycles. The molecule has 7 nitrogen and oxygen atoms in total. The number of anilines is 1. The number of hydrogen-bond donors (Lipinski definition) is 4. The van der Waals surface area contributed by atoms with Crippen LogP contribution in [0.25, 0.3) is 0 Å². The molecule has 0 bridgehead atoms. The summed E-state index contributed by atoms with van der Waals surface area (Å²) >= 11 is 0. The zero-order chi connectivity index (χ0) is 23.7. The Bertz CT molecular complexity index is 936. The lowest BCUT2D eigenvalue weighted by Gasteiger charge is -2.22. The van der Waals surface area contributed by atoms with Crippen molar-refractivity contribution in [2.75, 3.05) is 12.4 Å². The van der Waals surface area contributed by atoms with Crippen LogP contribution in [-0.4, -0.2) is 42.0 Å². The van der Waals surface area contributed by atoms with E-state index in [-0.39, 0.29) is 12.1 Å². The number of amides is 2. The predicted molar refractivity (Wildman–Crippen MR) is 112 cm³/mol. The Morgan fingerprint density at radius 1 is 0.969 bits per heavy atom. The number of likely N-dealkylation sites (N-methyl/N-ethyl adjacent to an activating group) is 1. The Morgan fingerprint density at radius 2 is 1.66 bits per heavy atom. The number of hydrogen-bond acceptors (Lipinski definition) is 4. The van der Waals surface area contributed by atoms with Crippen molar-refractivity contribution < 1.29 is 32.7 Å². The van der Waals surface area contributed by atoms with E-state index >= 15 is 0 Å². The molecule has 0 spiro atoms. The molecule has 2 rings (SSSR count). The Kier molecular flexibility index (Phi) is 8.77. The lowest BCUT2D eigenvalue weighted by Crippen LogP contribution is -2.51. The molecule has 0 saturated heterocycles. The van der Waals surface area contributed by atoms with Gasteiger partial charge in [-0.25, -0.2) is 0 Å². The topological polar surface area (TPSA) is 108 Å². The average Bonchev–Trinajstić information content (AvgIpc) is 2.74. The van der Waals surface area contributed by atoms with Gasteiger partial charge in [-0.05, 0) is 43.7 Å². The van der Waals surface area contributed by atoms with E-state index in [0.29, 0.717) is 6.42 Å². The molecule has 0 aliphatic heterocycles. The van der Waals surface area contributed by atoms with Crippen molar-refractivity contribution in [2.24, 2.45) is 0 Å². The predicted octanol–water partition coefficient (Wildman–Crippen LogP) is 2.82. The van der Waals surface area contributed by atoms with Crippen LogP contribution < -0.4 is 16.0 Å². The molecule has 0 saturated carbocycles. The molecule has 0 aliphatic carbocycles. The smallest absolute Gasteiger partial charge is 0.416 e. The van der Waals surface area contributed by atoms with Gasteiger partial charge in [0, 0.05) is 5.69 Å². The van der Waals surface area contributed by atoms with Gasteiger partial charge in [0.15, 0.2) is 0 Å².